The third-order valence-electron chi connectivity index (χ3n) is 3.81. The number of hydrogen-bond acceptors (Lipinski definition) is 2. The molecule has 0 spiro atoms. The molecule has 1 aromatic heterocycles. The topological polar surface area (TPSA) is 29.9 Å². The van der Waals surface area contributed by atoms with Gasteiger partial charge in [0, 0.05) is 18.5 Å². The van der Waals surface area contributed by atoms with Crippen LogP contribution in [0.1, 0.15) is 39.3 Å². The Kier molecular flexibility index (Phi) is 5.18. The molecule has 0 radical (unpaired) electrons. The van der Waals surface area contributed by atoms with Crippen molar-refractivity contribution in [2.24, 2.45) is 13.0 Å². The van der Waals surface area contributed by atoms with Gasteiger partial charge in [0.15, 0.2) is 0 Å². The first kappa shape index (κ1) is 15.0. The van der Waals surface area contributed by atoms with E-state index in [4.69, 9.17) is 0 Å². The summed E-state index contributed by atoms with van der Waals surface area (Å²) in [7, 11) is 2.03. The molecule has 0 aliphatic heterocycles. The SMILES string of the molecule is CCNC(CCc1nn(C)c2ccccc12)CC(C)C. The lowest BCUT2D eigenvalue weighted by Gasteiger charge is -2.19. The lowest BCUT2D eigenvalue weighted by molar-refractivity contribution is 0.404. The summed E-state index contributed by atoms with van der Waals surface area (Å²) in [5.74, 6) is 0.736. The minimum atomic E-state index is 0.598. The molecule has 2 aromatic rings. The van der Waals surface area contributed by atoms with Crippen molar-refractivity contribution in [2.45, 2.75) is 46.1 Å². The summed E-state index contributed by atoms with van der Waals surface area (Å²) < 4.78 is 2.00. The highest BCUT2D eigenvalue weighted by Gasteiger charge is 2.13. The average molecular weight is 273 g/mol. The van der Waals surface area contributed by atoms with Crippen LogP contribution in [-0.4, -0.2) is 22.4 Å². The Morgan fingerprint density at radius 2 is 2.00 bits per heavy atom. The third kappa shape index (κ3) is 3.60. The normalized spacial score (nSPS) is 13.2. The van der Waals surface area contributed by atoms with Gasteiger partial charge in [0.25, 0.3) is 0 Å². The van der Waals surface area contributed by atoms with E-state index in [1.54, 1.807) is 0 Å². The maximum atomic E-state index is 4.69. The molecule has 3 heteroatoms. The molecule has 0 saturated carbocycles. The Hall–Kier alpha value is -1.35. The van der Waals surface area contributed by atoms with Gasteiger partial charge in [0.1, 0.15) is 0 Å². The molecule has 0 bridgehead atoms. The van der Waals surface area contributed by atoms with Crippen LogP contribution in [0.5, 0.6) is 0 Å². The molecule has 3 nitrogen and oxygen atoms in total. The molecule has 0 aliphatic carbocycles. The van der Waals surface area contributed by atoms with E-state index in [-0.39, 0.29) is 0 Å². The van der Waals surface area contributed by atoms with Gasteiger partial charge < -0.3 is 5.32 Å². The van der Waals surface area contributed by atoms with Crippen molar-refractivity contribution in [2.75, 3.05) is 6.54 Å². The summed E-state index contributed by atoms with van der Waals surface area (Å²) in [5, 5.41) is 9.60. The fraction of sp³-hybridized carbons (Fsp3) is 0.588. The Labute approximate surface area is 122 Å². The van der Waals surface area contributed by atoms with E-state index < -0.39 is 0 Å². The molecule has 1 aromatic carbocycles. The van der Waals surface area contributed by atoms with E-state index in [1.165, 1.54) is 23.0 Å². The van der Waals surface area contributed by atoms with E-state index in [0.717, 1.165) is 25.3 Å². The van der Waals surface area contributed by atoms with Crippen molar-refractivity contribution < 1.29 is 0 Å². The smallest absolute Gasteiger partial charge is 0.0703 e. The summed E-state index contributed by atoms with van der Waals surface area (Å²) in [6.45, 7) is 7.81. The molecule has 20 heavy (non-hydrogen) atoms. The summed E-state index contributed by atoms with van der Waals surface area (Å²) >= 11 is 0. The number of nitrogens with zero attached hydrogens (tertiary/aromatic N) is 2. The Bertz CT molecular complexity index is 542. The first-order chi connectivity index (χ1) is 9.61. The van der Waals surface area contributed by atoms with Crippen LogP contribution >= 0.6 is 0 Å². The van der Waals surface area contributed by atoms with Gasteiger partial charge in [-0.1, -0.05) is 39.0 Å². The van der Waals surface area contributed by atoms with Crippen molar-refractivity contribution in [3.05, 3.63) is 30.0 Å². The number of hydrogen-bond donors (Lipinski definition) is 1. The molecule has 1 heterocycles. The minimum absolute atomic E-state index is 0.598. The van der Waals surface area contributed by atoms with Crippen molar-refractivity contribution in [1.29, 1.82) is 0 Å². The van der Waals surface area contributed by atoms with Gasteiger partial charge in [-0.05, 0) is 37.8 Å². The maximum absolute atomic E-state index is 4.69. The summed E-state index contributed by atoms with van der Waals surface area (Å²) in [6, 6.07) is 9.10. The van der Waals surface area contributed by atoms with Crippen molar-refractivity contribution in [3.8, 4) is 0 Å². The van der Waals surface area contributed by atoms with Crippen LogP contribution in [0, 0.1) is 5.92 Å². The lowest BCUT2D eigenvalue weighted by atomic mass is 9.98. The number of aromatic nitrogens is 2. The van der Waals surface area contributed by atoms with E-state index in [0.29, 0.717) is 6.04 Å². The van der Waals surface area contributed by atoms with Gasteiger partial charge in [-0.25, -0.2) is 0 Å². The highest BCUT2D eigenvalue weighted by atomic mass is 15.3. The molecule has 1 N–H and O–H groups in total. The summed E-state index contributed by atoms with van der Waals surface area (Å²) in [5.41, 5.74) is 2.46. The van der Waals surface area contributed by atoms with Crippen LogP contribution in [-0.2, 0) is 13.5 Å². The first-order valence-electron chi connectivity index (χ1n) is 7.75. The van der Waals surface area contributed by atoms with Crippen LogP contribution < -0.4 is 5.32 Å². The highest BCUT2D eigenvalue weighted by Crippen LogP contribution is 2.20. The van der Waals surface area contributed by atoms with E-state index >= 15 is 0 Å². The fourth-order valence-electron chi connectivity index (χ4n) is 2.95. The standard InChI is InChI=1S/C17H27N3/c1-5-18-14(12-13(2)3)10-11-16-15-8-6-7-9-17(15)20(4)19-16/h6-9,13-14,18H,5,10-12H2,1-4H3. The Morgan fingerprint density at radius 3 is 2.70 bits per heavy atom. The molecule has 0 fully saturated rings. The van der Waals surface area contributed by atoms with Gasteiger partial charge in [-0.3, -0.25) is 4.68 Å². The lowest BCUT2D eigenvalue weighted by Crippen LogP contribution is -2.30. The molecule has 2 rings (SSSR count). The maximum Gasteiger partial charge on any atom is 0.0703 e. The molecule has 1 unspecified atom stereocenters. The van der Waals surface area contributed by atoms with E-state index in [2.05, 4.69) is 55.5 Å². The largest absolute Gasteiger partial charge is 0.314 e. The van der Waals surface area contributed by atoms with E-state index in [9.17, 15) is 0 Å². The summed E-state index contributed by atoms with van der Waals surface area (Å²) in [4.78, 5) is 0. The quantitative estimate of drug-likeness (QED) is 0.836. The second-order valence-corrected chi connectivity index (χ2v) is 6.01. The van der Waals surface area contributed by atoms with Gasteiger partial charge in [0.2, 0.25) is 0 Å². The minimum Gasteiger partial charge on any atom is -0.314 e. The van der Waals surface area contributed by atoms with Gasteiger partial charge in [0.05, 0.1) is 11.2 Å². The predicted molar refractivity (Wildman–Crippen MR) is 86.0 cm³/mol. The van der Waals surface area contributed by atoms with Crippen LogP contribution in [0.25, 0.3) is 10.9 Å². The van der Waals surface area contributed by atoms with Crippen LogP contribution in [0.15, 0.2) is 24.3 Å². The number of benzene rings is 1. The van der Waals surface area contributed by atoms with Crippen LogP contribution in [0.4, 0.5) is 0 Å². The number of aryl methyl sites for hydroxylation is 2. The zero-order chi connectivity index (χ0) is 14.5. The van der Waals surface area contributed by atoms with Crippen molar-refractivity contribution in [3.63, 3.8) is 0 Å². The second kappa shape index (κ2) is 6.89. The number of fused-ring (bicyclic) bond motifs is 1. The Balaban J connectivity index is 2.07. The molecule has 0 aliphatic rings. The predicted octanol–water partition coefficient (Wildman–Crippen LogP) is 3.53. The van der Waals surface area contributed by atoms with Crippen molar-refractivity contribution >= 4 is 10.9 Å². The zero-order valence-electron chi connectivity index (χ0n) is 13.2. The number of nitrogens with one attached hydrogen (secondary N) is 1. The zero-order valence-corrected chi connectivity index (χ0v) is 13.2. The second-order valence-electron chi connectivity index (χ2n) is 6.01. The summed E-state index contributed by atoms with van der Waals surface area (Å²) in [6.07, 6.45) is 3.44. The van der Waals surface area contributed by atoms with Gasteiger partial charge >= 0.3 is 0 Å². The number of rotatable bonds is 7. The van der Waals surface area contributed by atoms with Gasteiger partial charge in [-0.15, -0.1) is 0 Å². The van der Waals surface area contributed by atoms with Crippen molar-refractivity contribution in [1.82, 2.24) is 15.1 Å². The molecule has 110 valence electrons. The van der Waals surface area contributed by atoms with Crippen LogP contribution in [0.3, 0.4) is 0 Å². The number of para-hydroxylation sites is 1. The fourth-order valence-corrected chi connectivity index (χ4v) is 2.95. The van der Waals surface area contributed by atoms with E-state index in [1.807, 2.05) is 11.7 Å². The molecular weight excluding hydrogens is 246 g/mol. The molecule has 0 saturated heterocycles. The Morgan fingerprint density at radius 1 is 1.25 bits per heavy atom. The monoisotopic (exact) mass is 273 g/mol. The first-order valence-corrected chi connectivity index (χ1v) is 7.75. The molecular formula is C17H27N3. The third-order valence-corrected chi connectivity index (χ3v) is 3.81. The molecule has 0 amide bonds. The molecule has 1 atom stereocenters. The van der Waals surface area contributed by atoms with Gasteiger partial charge in [-0.2, -0.15) is 5.10 Å². The average Bonchev–Trinajstić information content (AvgIpc) is 2.73. The van der Waals surface area contributed by atoms with Crippen LogP contribution in [0.2, 0.25) is 0 Å². The highest BCUT2D eigenvalue weighted by molar-refractivity contribution is 5.81.